The molecule has 6 nitrogen and oxygen atoms in total. The summed E-state index contributed by atoms with van der Waals surface area (Å²) in [5.74, 6) is 1.06. The lowest BCUT2D eigenvalue weighted by atomic mass is 10.1. The minimum Gasteiger partial charge on any atom is -0.497 e. The summed E-state index contributed by atoms with van der Waals surface area (Å²) in [6.07, 6.45) is 2.42. The molecule has 0 fully saturated rings. The Morgan fingerprint density at radius 2 is 1.77 bits per heavy atom. The number of hydrogen-bond acceptors (Lipinski definition) is 4. The van der Waals surface area contributed by atoms with Crippen molar-refractivity contribution < 1.29 is 19.1 Å². The van der Waals surface area contributed by atoms with E-state index in [1.54, 1.807) is 12.0 Å². The third-order valence-electron chi connectivity index (χ3n) is 5.17. The number of amides is 2. The van der Waals surface area contributed by atoms with Gasteiger partial charge in [-0.15, -0.1) is 0 Å². The van der Waals surface area contributed by atoms with Crippen molar-refractivity contribution in [1.82, 2.24) is 10.2 Å². The highest BCUT2D eigenvalue weighted by molar-refractivity contribution is 5.88. The molecule has 2 aromatic rings. The summed E-state index contributed by atoms with van der Waals surface area (Å²) < 4.78 is 11.0. The van der Waals surface area contributed by atoms with Crippen molar-refractivity contribution in [1.29, 1.82) is 0 Å². The molecular formula is C25H34N2O4. The standard InChI is InChI=1S/C25H34N2O4/c1-5-7-16-26-25(29)22(6-2)27(17-20-12-14-21(30-4)15-13-20)24(28)18-31-23-11-9-8-10-19(23)3/h8-15,22H,5-7,16-18H2,1-4H3,(H,26,29). The molecule has 6 heteroatoms. The van der Waals surface area contributed by atoms with Crippen LogP contribution in [0.5, 0.6) is 11.5 Å². The van der Waals surface area contributed by atoms with Gasteiger partial charge in [-0.25, -0.2) is 0 Å². The third kappa shape index (κ3) is 7.31. The highest BCUT2D eigenvalue weighted by Gasteiger charge is 2.28. The molecule has 0 aliphatic heterocycles. The monoisotopic (exact) mass is 426 g/mol. The first-order chi connectivity index (χ1) is 15.0. The lowest BCUT2D eigenvalue weighted by Gasteiger charge is -2.30. The van der Waals surface area contributed by atoms with E-state index >= 15 is 0 Å². The summed E-state index contributed by atoms with van der Waals surface area (Å²) in [4.78, 5) is 27.6. The van der Waals surface area contributed by atoms with Gasteiger partial charge in [0.1, 0.15) is 17.5 Å². The number of carbonyl (C=O) groups excluding carboxylic acids is 2. The minimum absolute atomic E-state index is 0.125. The number of nitrogens with zero attached hydrogens (tertiary/aromatic N) is 1. The zero-order valence-electron chi connectivity index (χ0n) is 19.0. The van der Waals surface area contributed by atoms with Gasteiger partial charge in [-0.05, 0) is 49.1 Å². The second kappa shape index (κ2) is 12.6. The van der Waals surface area contributed by atoms with Gasteiger partial charge < -0.3 is 19.7 Å². The third-order valence-corrected chi connectivity index (χ3v) is 5.17. The molecule has 0 saturated heterocycles. The van der Waals surface area contributed by atoms with E-state index in [1.807, 2.05) is 62.4 Å². The van der Waals surface area contributed by atoms with Gasteiger partial charge in [0.2, 0.25) is 5.91 Å². The van der Waals surface area contributed by atoms with E-state index in [0.717, 1.165) is 29.7 Å². The molecule has 1 unspecified atom stereocenters. The second-order valence-electron chi connectivity index (χ2n) is 7.49. The summed E-state index contributed by atoms with van der Waals surface area (Å²) in [7, 11) is 1.61. The van der Waals surface area contributed by atoms with Crippen molar-refractivity contribution in [2.24, 2.45) is 0 Å². The number of benzene rings is 2. The van der Waals surface area contributed by atoms with Gasteiger partial charge >= 0.3 is 0 Å². The van der Waals surface area contributed by atoms with Crippen LogP contribution in [-0.4, -0.2) is 43.0 Å². The number of para-hydroxylation sites is 1. The van der Waals surface area contributed by atoms with Gasteiger partial charge in [0.15, 0.2) is 6.61 Å². The van der Waals surface area contributed by atoms with Crippen LogP contribution in [-0.2, 0) is 16.1 Å². The maximum atomic E-state index is 13.2. The van der Waals surface area contributed by atoms with E-state index in [9.17, 15) is 9.59 Å². The Hall–Kier alpha value is -3.02. The number of nitrogens with one attached hydrogen (secondary N) is 1. The van der Waals surface area contributed by atoms with Crippen LogP contribution in [0, 0.1) is 6.92 Å². The first-order valence-corrected chi connectivity index (χ1v) is 10.9. The summed E-state index contributed by atoms with van der Waals surface area (Å²) in [5.41, 5.74) is 1.88. The van der Waals surface area contributed by atoms with Crippen LogP contribution in [0.3, 0.4) is 0 Å². The van der Waals surface area contributed by atoms with E-state index in [2.05, 4.69) is 12.2 Å². The molecule has 31 heavy (non-hydrogen) atoms. The molecule has 2 rings (SSSR count). The van der Waals surface area contributed by atoms with Crippen molar-refractivity contribution in [2.75, 3.05) is 20.3 Å². The molecule has 0 heterocycles. The lowest BCUT2D eigenvalue weighted by molar-refractivity contribution is -0.143. The largest absolute Gasteiger partial charge is 0.497 e. The molecule has 2 amide bonds. The van der Waals surface area contributed by atoms with Crippen molar-refractivity contribution in [2.45, 2.75) is 52.6 Å². The van der Waals surface area contributed by atoms with Crippen LogP contribution in [0.25, 0.3) is 0 Å². The van der Waals surface area contributed by atoms with Gasteiger partial charge in [0.05, 0.1) is 7.11 Å². The number of carbonyl (C=O) groups is 2. The molecule has 0 radical (unpaired) electrons. The zero-order chi connectivity index (χ0) is 22.6. The Bertz CT molecular complexity index is 836. The molecule has 0 aromatic heterocycles. The van der Waals surface area contributed by atoms with Crippen molar-refractivity contribution in [3.8, 4) is 11.5 Å². The Balaban J connectivity index is 2.18. The summed E-state index contributed by atoms with van der Waals surface area (Å²) in [5, 5.41) is 2.96. The highest BCUT2D eigenvalue weighted by atomic mass is 16.5. The topological polar surface area (TPSA) is 67.9 Å². The summed E-state index contributed by atoms with van der Waals surface area (Å²) in [6, 6.07) is 14.5. The quantitative estimate of drug-likeness (QED) is 0.519. The minimum atomic E-state index is -0.563. The molecule has 2 aromatic carbocycles. The van der Waals surface area contributed by atoms with Crippen LogP contribution in [0.15, 0.2) is 48.5 Å². The Kier molecular flexibility index (Phi) is 9.88. The predicted molar refractivity (Wildman–Crippen MR) is 122 cm³/mol. The van der Waals surface area contributed by atoms with E-state index in [-0.39, 0.29) is 18.4 Å². The van der Waals surface area contributed by atoms with Crippen LogP contribution >= 0.6 is 0 Å². The van der Waals surface area contributed by atoms with Gasteiger partial charge in [-0.1, -0.05) is 50.6 Å². The Labute approximate surface area is 185 Å². The van der Waals surface area contributed by atoms with Gasteiger partial charge in [-0.2, -0.15) is 0 Å². The van der Waals surface area contributed by atoms with E-state index in [4.69, 9.17) is 9.47 Å². The fraction of sp³-hybridized carbons (Fsp3) is 0.440. The smallest absolute Gasteiger partial charge is 0.261 e. The van der Waals surface area contributed by atoms with Gasteiger partial charge in [0, 0.05) is 13.1 Å². The van der Waals surface area contributed by atoms with Crippen molar-refractivity contribution in [3.05, 3.63) is 59.7 Å². The Morgan fingerprint density at radius 1 is 1.06 bits per heavy atom. The van der Waals surface area contributed by atoms with Crippen molar-refractivity contribution >= 4 is 11.8 Å². The number of rotatable bonds is 12. The first-order valence-electron chi connectivity index (χ1n) is 10.9. The predicted octanol–water partition coefficient (Wildman–Crippen LogP) is 4.11. The molecule has 0 aliphatic carbocycles. The normalized spacial score (nSPS) is 11.5. The van der Waals surface area contributed by atoms with Gasteiger partial charge in [-0.3, -0.25) is 9.59 Å². The molecular weight excluding hydrogens is 392 g/mol. The van der Waals surface area contributed by atoms with Crippen LogP contribution < -0.4 is 14.8 Å². The van der Waals surface area contributed by atoms with E-state index in [0.29, 0.717) is 25.3 Å². The fourth-order valence-corrected chi connectivity index (χ4v) is 3.29. The molecule has 0 spiro atoms. The van der Waals surface area contributed by atoms with E-state index < -0.39 is 6.04 Å². The number of ether oxygens (including phenoxy) is 2. The average molecular weight is 427 g/mol. The number of methoxy groups -OCH3 is 1. The van der Waals surface area contributed by atoms with Crippen LogP contribution in [0.4, 0.5) is 0 Å². The van der Waals surface area contributed by atoms with Crippen molar-refractivity contribution in [3.63, 3.8) is 0 Å². The number of hydrogen-bond donors (Lipinski definition) is 1. The highest BCUT2D eigenvalue weighted by Crippen LogP contribution is 2.19. The molecule has 168 valence electrons. The molecule has 0 bridgehead atoms. The Morgan fingerprint density at radius 3 is 2.39 bits per heavy atom. The number of aryl methyl sites for hydroxylation is 1. The van der Waals surface area contributed by atoms with Gasteiger partial charge in [0.25, 0.3) is 5.91 Å². The fourth-order valence-electron chi connectivity index (χ4n) is 3.29. The summed E-state index contributed by atoms with van der Waals surface area (Å²) >= 11 is 0. The molecule has 0 saturated carbocycles. The first kappa shape index (κ1) is 24.3. The molecule has 1 atom stereocenters. The number of unbranched alkanes of at least 4 members (excludes halogenated alkanes) is 1. The molecule has 0 aliphatic rings. The van der Waals surface area contributed by atoms with Crippen LogP contribution in [0.2, 0.25) is 0 Å². The lowest BCUT2D eigenvalue weighted by Crippen LogP contribution is -2.50. The summed E-state index contributed by atoms with van der Waals surface area (Å²) in [6.45, 7) is 6.73. The van der Waals surface area contributed by atoms with E-state index in [1.165, 1.54) is 0 Å². The second-order valence-corrected chi connectivity index (χ2v) is 7.49. The zero-order valence-corrected chi connectivity index (χ0v) is 19.0. The SMILES string of the molecule is CCCCNC(=O)C(CC)N(Cc1ccc(OC)cc1)C(=O)COc1ccccc1C. The average Bonchev–Trinajstić information content (AvgIpc) is 2.78. The maximum absolute atomic E-state index is 13.2. The maximum Gasteiger partial charge on any atom is 0.261 e. The molecule has 1 N–H and O–H groups in total. The van der Waals surface area contributed by atoms with Crippen LogP contribution in [0.1, 0.15) is 44.2 Å².